The molecule has 2 heterocycles. The summed E-state index contributed by atoms with van der Waals surface area (Å²) in [6.07, 6.45) is 4.29. The van der Waals surface area contributed by atoms with Gasteiger partial charge in [0.15, 0.2) is 5.13 Å². The van der Waals surface area contributed by atoms with E-state index in [1.165, 1.54) is 11.3 Å². The number of nitrogens with zero attached hydrogens (tertiary/aromatic N) is 2. The zero-order chi connectivity index (χ0) is 18.4. The van der Waals surface area contributed by atoms with Gasteiger partial charge >= 0.3 is 6.03 Å². The van der Waals surface area contributed by atoms with E-state index in [1.807, 2.05) is 19.1 Å². The number of anilines is 2. The number of benzene rings is 1. The summed E-state index contributed by atoms with van der Waals surface area (Å²) in [5, 5.41) is 5.98. The predicted octanol–water partition coefficient (Wildman–Crippen LogP) is 4.64. The summed E-state index contributed by atoms with van der Waals surface area (Å²) >= 11 is 2.96. The second-order valence-electron chi connectivity index (χ2n) is 5.13. The molecule has 136 valence electrons. The fourth-order valence-electron chi connectivity index (χ4n) is 2.09. The van der Waals surface area contributed by atoms with Crippen LogP contribution in [0.2, 0.25) is 0 Å². The van der Waals surface area contributed by atoms with Gasteiger partial charge in [0.25, 0.3) is 0 Å². The summed E-state index contributed by atoms with van der Waals surface area (Å²) in [4.78, 5) is 20.6. The van der Waals surface area contributed by atoms with Gasteiger partial charge in [-0.1, -0.05) is 30.4 Å². The fourth-order valence-corrected chi connectivity index (χ4v) is 3.81. The van der Waals surface area contributed by atoms with Crippen LogP contribution in [0.15, 0.2) is 45.3 Å². The first kappa shape index (κ1) is 18.3. The minimum absolute atomic E-state index is 0.374. The van der Waals surface area contributed by atoms with Crippen LogP contribution in [0.4, 0.5) is 15.6 Å². The summed E-state index contributed by atoms with van der Waals surface area (Å²) in [5.74, 6) is 2.77. The zero-order valence-electron chi connectivity index (χ0n) is 14.3. The first-order valence-electron chi connectivity index (χ1n) is 7.91. The number of hydrogen-bond acceptors (Lipinski definition) is 7. The van der Waals surface area contributed by atoms with Gasteiger partial charge in [-0.25, -0.2) is 14.8 Å². The lowest BCUT2D eigenvalue weighted by Crippen LogP contribution is -2.19. The number of amides is 2. The molecule has 3 aromatic rings. The van der Waals surface area contributed by atoms with Crippen molar-refractivity contribution in [3.05, 3.63) is 48.3 Å². The van der Waals surface area contributed by atoms with Crippen LogP contribution >= 0.6 is 23.1 Å². The molecule has 0 aliphatic heterocycles. The van der Waals surface area contributed by atoms with Crippen molar-refractivity contribution in [1.29, 1.82) is 0 Å². The van der Waals surface area contributed by atoms with Crippen molar-refractivity contribution in [2.24, 2.45) is 0 Å². The minimum atomic E-state index is -0.374. The van der Waals surface area contributed by atoms with Gasteiger partial charge in [-0.2, -0.15) is 0 Å². The molecule has 0 atom stereocenters. The monoisotopic (exact) mass is 390 g/mol. The SMILES string of the molecule is CCc1cnc(CSc2cnc(NC(=O)Nc3ccccc3OC)s2)o1. The highest BCUT2D eigenvalue weighted by atomic mass is 32.2. The number of urea groups is 1. The van der Waals surface area contributed by atoms with Gasteiger partial charge in [0, 0.05) is 6.42 Å². The van der Waals surface area contributed by atoms with Crippen molar-refractivity contribution >= 4 is 39.9 Å². The number of ether oxygens (including phenoxy) is 1. The van der Waals surface area contributed by atoms with Crippen molar-refractivity contribution in [2.75, 3.05) is 17.7 Å². The van der Waals surface area contributed by atoms with Gasteiger partial charge < -0.3 is 14.5 Å². The topological polar surface area (TPSA) is 89.3 Å². The Bertz CT molecular complexity index is 878. The molecule has 0 saturated carbocycles. The molecule has 26 heavy (non-hydrogen) atoms. The molecule has 0 radical (unpaired) electrons. The molecule has 0 fully saturated rings. The lowest BCUT2D eigenvalue weighted by molar-refractivity contribution is 0.262. The molecular formula is C17H18N4O3S2. The van der Waals surface area contributed by atoms with E-state index in [4.69, 9.17) is 9.15 Å². The number of carbonyl (C=O) groups excluding carboxylic acids is 1. The van der Waals surface area contributed by atoms with Gasteiger partial charge in [0.1, 0.15) is 11.5 Å². The van der Waals surface area contributed by atoms with E-state index in [-0.39, 0.29) is 6.03 Å². The standard InChI is InChI=1S/C17H18N4O3S2/c1-3-11-8-18-14(24-11)10-25-15-9-19-17(26-15)21-16(22)20-12-6-4-5-7-13(12)23-2/h4-9H,3,10H2,1-2H3,(H2,19,20,21,22). The van der Waals surface area contributed by atoms with E-state index in [0.717, 1.165) is 16.4 Å². The van der Waals surface area contributed by atoms with Crippen molar-refractivity contribution in [3.8, 4) is 5.75 Å². The van der Waals surface area contributed by atoms with Crippen LogP contribution < -0.4 is 15.4 Å². The highest BCUT2D eigenvalue weighted by molar-refractivity contribution is 8.00. The number of para-hydroxylation sites is 2. The van der Waals surface area contributed by atoms with Gasteiger partial charge in [-0.15, -0.1) is 11.8 Å². The Kier molecular flexibility index (Phi) is 6.13. The molecule has 2 aromatic heterocycles. The molecular weight excluding hydrogens is 372 g/mol. The number of hydrogen-bond donors (Lipinski definition) is 2. The highest BCUT2D eigenvalue weighted by Gasteiger charge is 2.11. The van der Waals surface area contributed by atoms with Gasteiger partial charge in [0.2, 0.25) is 5.89 Å². The summed E-state index contributed by atoms with van der Waals surface area (Å²) in [5.41, 5.74) is 0.592. The largest absolute Gasteiger partial charge is 0.495 e. The highest BCUT2D eigenvalue weighted by Crippen LogP contribution is 2.31. The molecule has 0 aliphatic carbocycles. The number of rotatable bonds is 7. The summed E-state index contributed by atoms with van der Waals surface area (Å²) < 4.78 is 11.8. The van der Waals surface area contributed by atoms with E-state index >= 15 is 0 Å². The number of methoxy groups -OCH3 is 1. The average Bonchev–Trinajstić information content (AvgIpc) is 3.29. The molecule has 0 unspecified atom stereocenters. The van der Waals surface area contributed by atoms with Crippen LogP contribution in [0, 0.1) is 0 Å². The number of aryl methyl sites for hydroxylation is 1. The van der Waals surface area contributed by atoms with Crippen molar-refractivity contribution in [3.63, 3.8) is 0 Å². The molecule has 0 spiro atoms. The van der Waals surface area contributed by atoms with E-state index in [2.05, 4.69) is 20.6 Å². The van der Waals surface area contributed by atoms with Crippen LogP contribution in [-0.2, 0) is 12.2 Å². The quantitative estimate of drug-likeness (QED) is 0.571. The maximum atomic E-state index is 12.1. The third-order valence-electron chi connectivity index (χ3n) is 3.35. The van der Waals surface area contributed by atoms with Crippen LogP contribution in [-0.4, -0.2) is 23.1 Å². The lowest BCUT2D eigenvalue weighted by Gasteiger charge is -2.09. The Labute approximate surface area is 159 Å². The first-order chi connectivity index (χ1) is 12.7. The number of oxazole rings is 1. The minimum Gasteiger partial charge on any atom is -0.495 e. The number of carbonyl (C=O) groups is 1. The summed E-state index contributed by atoms with van der Waals surface area (Å²) in [6.45, 7) is 2.02. The Hall–Kier alpha value is -2.52. The second-order valence-corrected chi connectivity index (χ2v) is 7.43. The summed E-state index contributed by atoms with van der Waals surface area (Å²) in [6, 6.07) is 6.83. The molecule has 1 aromatic carbocycles. The van der Waals surface area contributed by atoms with E-state index in [0.29, 0.717) is 28.2 Å². The second kappa shape index (κ2) is 8.72. The molecule has 0 aliphatic rings. The van der Waals surface area contributed by atoms with E-state index in [1.54, 1.807) is 43.4 Å². The Balaban J connectivity index is 1.53. The van der Waals surface area contributed by atoms with Crippen molar-refractivity contribution < 1.29 is 13.9 Å². The number of nitrogens with one attached hydrogen (secondary N) is 2. The average molecular weight is 390 g/mol. The van der Waals surface area contributed by atoms with Gasteiger partial charge in [0.05, 0.1) is 35.2 Å². The smallest absolute Gasteiger partial charge is 0.325 e. The first-order valence-corrected chi connectivity index (χ1v) is 9.71. The van der Waals surface area contributed by atoms with Crippen LogP contribution in [0.25, 0.3) is 0 Å². The Morgan fingerprint density at radius 3 is 2.88 bits per heavy atom. The predicted molar refractivity (Wildman–Crippen MR) is 103 cm³/mol. The van der Waals surface area contributed by atoms with Gasteiger partial charge in [-0.3, -0.25) is 5.32 Å². The maximum absolute atomic E-state index is 12.1. The molecule has 7 nitrogen and oxygen atoms in total. The number of thiazole rings is 1. The zero-order valence-corrected chi connectivity index (χ0v) is 15.9. The van der Waals surface area contributed by atoms with E-state index < -0.39 is 0 Å². The molecule has 2 N–H and O–H groups in total. The molecule has 9 heteroatoms. The maximum Gasteiger partial charge on any atom is 0.325 e. The third kappa shape index (κ3) is 4.77. The normalized spacial score (nSPS) is 10.5. The van der Waals surface area contributed by atoms with Crippen LogP contribution in [0.3, 0.4) is 0 Å². The Morgan fingerprint density at radius 1 is 1.27 bits per heavy atom. The van der Waals surface area contributed by atoms with E-state index in [9.17, 15) is 4.79 Å². The number of thioether (sulfide) groups is 1. The molecule has 0 saturated heterocycles. The fraction of sp³-hybridized carbons (Fsp3) is 0.235. The van der Waals surface area contributed by atoms with Gasteiger partial charge in [-0.05, 0) is 12.1 Å². The van der Waals surface area contributed by atoms with Crippen LogP contribution in [0.1, 0.15) is 18.6 Å². The Morgan fingerprint density at radius 2 is 2.12 bits per heavy atom. The molecule has 2 amide bonds. The van der Waals surface area contributed by atoms with Crippen molar-refractivity contribution in [1.82, 2.24) is 9.97 Å². The molecule has 3 rings (SSSR count). The molecule has 0 bridgehead atoms. The van der Waals surface area contributed by atoms with Crippen LogP contribution in [0.5, 0.6) is 5.75 Å². The number of aromatic nitrogens is 2. The summed E-state index contributed by atoms with van der Waals surface area (Å²) in [7, 11) is 1.56. The lowest BCUT2D eigenvalue weighted by atomic mass is 10.3. The third-order valence-corrected chi connectivity index (χ3v) is 5.44. The van der Waals surface area contributed by atoms with Crippen molar-refractivity contribution in [2.45, 2.75) is 23.3 Å².